The van der Waals surface area contributed by atoms with Gasteiger partial charge in [0.2, 0.25) is 0 Å². The molecule has 1 aliphatic heterocycles. The van der Waals surface area contributed by atoms with E-state index < -0.39 is 0 Å². The number of ether oxygens (including phenoxy) is 2. The molecule has 0 radical (unpaired) electrons. The van der Waals surface area contributed by atoms with E-state index in [1.807, 2.05) is 16.8 Å². The predicted molar refractivity (Wildman–Crippen MR) is 127 cm³/mol. The Morgan fingerprint density at radius 1 is 1.27 bits per heavy atom. The lowest BCUT2D eigenvalue weighted by atomic mass is 10.1. The third-order valence-electron chi connectivity index (χ3n) is 5.69. The molecule has 30 heavy (non-hydrogen) atoms. The summed E-state index contributed by atoms with van der Waals surface area (Å²) in [5, 5.41) is 11.2. The van der Waals surface area contributed by atoms with Gasteiger partial charge in [0.25, 0.3) is 0 Å². The summed E-state index contributed by atoms with van der Waals surface area (Å²) in [6, 6.07) is 6.30. The van der Waals surface area contributed by atoms with Crippen molar-refractivity contribution >= 4 is 29.9 Å². The van der Waals surface area contributed by atoms with Crippen molar-refractivity contribution in [3.63, 3.8) is 0 Å². The first kappa shape index (κ1) is 22.6. The molecule has 0 bridgehead atoms. The number of halogens is 1. The van der Waals surface area contributed by atoms with E-state index in [1.54, 1.807) is 20.5 Å². The second-order valence-corrected chi connectivity index (χ2v) is 7.66. The van der Waals surface area contributed by atoms with Gasteiger partial charge in [0.05, 0.1) is 19.8 Å². The molecule has 2 heterocycles. The Morgan fingerprint density at radius 3 is 2.87 bits per heavy atom. The summed E-state index contributed by atoms with van der Waals surface area (Å²) in [4.78, 5) is 8.68. The molecule has 9 heteroatoms. The molecule has 0 saturated heterocycles. The van der Waals surface area contributed by atoms with Crippen molar-refractivity contribution in [3.05, 3.63) is 35.9 Å². The van der Waals surface area contributed by atoms with E-state index in [-0.39, 0.29) is 30.0 Å². The molecule has 1 saturated carbocycles. The van der Waals surface area contributed by atoms with Crippen molar-refractivity contribution in [2.24, 2.45) is 4.99 Å². The topological polar surface area (TPSA) is 85.6 Å². The van der Waals surface area contributed by atoms with Gasteiger partial charge in [0.1, 0.15) is 23.7 Å². The number of aryl methyl sites for hydroxylation is 1. The van der Waals surface area contributed by atoms with Crippen molar-refractivity contribution in [3.8, 4) is 11.5 Å². The molecule has 0 spiro atoms. The molecule has 2 N–H and O–H groups in total. The molecule has 1 aliphatic carbocycles. The number of hydrogen-bond donors (Lipinski definition) is 2. The lowest BCUT2D eigenvalue weighted by Gasteiger charge is -2.25. The zero-order valence-corrected chi connectivity index (χ0v) is 20.0. The maximum absolute atomic E-state index is 6.30. The molecular weight excluding hydrogens is 495 g/mol. The second-order valence-electron chi connectivity index (χ2n) is 7.66. The van der Waals surface area contributed by atoms with Gasteiger partial charge in [-0.3, -0.25) is 4.99 Å². The van der Waals surface area contributed by atoms with Crippen LogP contribution in [0, 0.1) is 0 Å². The Morgan fingerprint density at radius 2 is 2.10 bits per heavy atom. The van der Waals surface area contributed by atoms with E-state index in [1.165, 1.54) is 12.8 Å². The van der Waals surface area contributed by atoms with Crippen LogP contribution in [0.5, 0.6) is 11.5 Å². The molecule has 2 aliphatic rings. The summed E-state index contributed by atoms with van der Waals surface area (Å²) in [6.45, 7) is 1.43. The van der Waals surface area contributed by atoms with E-state index in [2.05, 4.69) is 31.8 Å². The van der Waals surface area contributed by atoms with Gasteiger partial charge in [-0.25, -0.2) is 9.67 Å². The summed E-state index contributed by atoms with van der Waals surface area (Å²) in [5.41, 5.74) is 1.10. The summed E-state index contributed by atoms with van der Waals surface area (Å²) >= 11 is 0. The Kier molecular flexibility index (Phi) is 8.17. The summed E-state index contributed by atoms with van der Waals surface area (Å²) in [5.74, 6) is 3.54. The molecule has 1 atom stereocenters. The molecule has 8 nitrogen and oxygen atoms in total. The highest BCUT2D eigenvalue weighted by Gasteiger charge is 2.21. The van der Waals surface area contributed by atoms with Gasteiger partial charge in [-0.2, -0.15) is 5.10 Å². The number of methoxy groups -OCH3 is 1. The maximum Gasteiger partial charge on any atom is 0.191 e. The van der Waals surface area contributed by atoms with Crippen LogP contribution in [0.1, 0.15) is 43.5 Å². The lowest BCUT2D eigenvalue weighted by Crippen LogP contribution is -2.46. The van der Waals surface area contributed by atoms with E-state index in [4.69, 9.17) is 9.47 Å². The number of rotatable bonds is 6. The van der Waals surface area contributed by atoms with Crippen LogP contribution in [0.3, 0.4) is 0 Å². The van der Waals surface area contributed by atoms with Crippen molar-refractivity contribution in [2.75, 3.05) is 14.2 Å². The SMILES string of the molecule is CN=C(NCc1ccc(OC)cc1OC1CCCC1)NC1CCc2ncnn2C1.I. The smallest absolute Gasteiger partial charge is 0.191 e. The minimum Gasteiger partial charge on any atom is -0.497 e. The number of nitrogens with one attached hydrogen (secondary N) is 2. The van der Waals surface area contributed by atoms with Gasteiger partial charge in [0, 0.05) is 37.7 Å². The Balaban J connectivity index is 0.00000256. The van der Waals surface area contributed by atoms with Gasteiger partial charge in [0.15, 0.2) is 5.96 Å². The monoisotopic (exact) mass is 526 g/mol. The van der Waals surface area contributed by atoms with Crippen LogP contribution in [0.4, 0.5) is 0 Å². The molecule has 2 aromatic rings. The van der Waals surface area contributed by atoms with Crippen LogP contribution in [0.25, 0.3) is 0 Å². The summed E-state index contributed by atoms with van der Waals surface area (Å²) in [7, 11) is 3.48. The fourth-order valence-corrected chi connectivity index (χ4v) is 4.03. The highest BCUT2D eigenvalue weighted by atomic mass is 127. The maximum atomic E-state index is 6.30. The molecule has 1 aromatic carbocycles. The van der Waals surface area contributed by atoms with Crippen molar-refractivity contribution in [1.82, 2.24) is 25.4 Å². The minimum atomic E-state index is 0. The number of nitrogens with zero attached hydrogens (tertiary/aromatic N) is 4. The van der Waals surface area contributed by atoms with Crippen LogP contribution in [0.15, 0.2) is 29.5 Å². The average Bonchev–Trinajstić information content (AvgIpc) is 3.43. The fourth-order valence-electron chi connectivity index (χ4n) is 4.03. The first-order chi connectivity index (χ1) is 14.2. The summed E-state index contributed by atoms with van der Waals surface area (Å²) < 4.78 is 13.7. The van der Waals surface area contributed by atoms with E-state index >= 15 is 0 Å². The van der Waals surface area contributed by atoms with Gasteiger partial charge in [-0.1, -0.05) is 0 Å². The number of benzene rings is 1. The van der Waals surface area contributed by atoms with E-state index in [9.17, 15) is 0 Å². The van der Waals surface area contributed by atoms with Crippen LogP contribution < -0.4 is 20.1 Å². The fraction of sp³-hybridized carbons (Fsp3) is 0.571. The first-order valence-corrected chi connectivity index (χ1v) is 10.4. The largest absolute Gasteiger partial charge is 0.497 e. The van der Waals surface area contributed by atoms with Gasteiger partial charge in [-0.05, 0) is 44.2 Å². The van der Waals surface area contributed by atoms with E-state index in [0.717, 1.165) is 61.1 Å². The molecule has 1 aromatic heterocycles. The van der Waals surface area contributed by atoms with Crippen molar-refractivity contribution < 1.29 is 9.47 Å². The van der Waals surface area contributed by atoms with Crippen LogP contribution >= 0.6 is 24.0 Å². The number of fused-ring (bicyclic) bond motifs is 1. The summed E-state index contributed by atoms with van der Waals surface area (Å²) in [6.07, 6.45) is 8.60. The molecule has 1 unspecified atom stereocenters. The molecular formula is C21H31IN6O2. The van der Waals surface area contributed by atoms with Crippen LogP contribution in [0.2, 0.25) is 0 Å². The number of guanidine groups is 1. The lowest BCUT2D eigenvalue weighted by molar-refractivity contribution is 0.207. The first-order valence-electron chi connectivity index (χ1n) is 10.4. The highest BCUT2D eigenvalue weighted by Crippen LogP contribution is 2.30. The standard InChI is InChI=1S/C21H30N6O2.HI/c1-22-21(26-16-8-10-20-24-14-25-27(20)13-16)23-12-15-7-9-18(28-2)11-19(15)29-17-5-3-4-6-17;/h7,9,11,14,16-17H,3-6,8,10,12-13H2,1-2H3,(H2,22,23,26);1H. The molecule has 0 amide bonds. The minimum absolute atomic E-state index is 0. The molecule has 4 rings (SSSR count). The predicted octanol–water partition coefficient (Wildman–Crippen LogP) is 2.91. The Bertz CT molecular complexity index is 850. The number of hydrogen-bond acceptors (Lipinski definition) is 5. The molecule has 164 valence electrons. The Labute approximate surface area is 194 Å². The van der Waals surface area contributed by atoms with Crippen LogP contribution in [-0.4, -0.2) is 47.0 Å². The van der Waals surface area contributed by atoms with Crippen LogP contribution in [-0.2, 0) is 19.5 Å². The number of aliphatic imine (C=N–C) groups is 1. The van der Waals surface area contributed by atoms with E-state index in [0.29, 0.717) is 12.6 Å². The van der Waals surface area contributed by atoms with Crippen molar-refractivity contribution in [1.29, 1.82) is 0 Å². The van der Waals surface area contributed by atoms with Gasteiger partial charge in [-0.15, -0.1) is 24.0 Å². The average molecular weight is 526 g/mol. The van der Waals surface area contributed by atoms with Gasteiger partial charge < -0.3 is 20.1 Å². The number of aromatic nitrogens is 3. The zero-order chi connectivity index (χ0) is 20.1. The second kappa shape index (κ2) is 10.8. The quantitative estimate of drug-likeness (QED) is 0.342. The zero-order valence-electron chi connectivity index (χ0n) is 17.6. The third kappa shape index (κ3) is 5.55. The highest BCUT2D eigenvalue weighted by molar-refractivity contribution is 14.0. The van der Waals surface area contributed by atoms with Crippen molar-refractivity contribution in [2.45, 2.75) is 63.8 Å². The third-order valence-corrected chi connectivity index (χ3v) is 5.69. The van der Waals surface area contributed by atoms with Gasteiger partial charge >= 0.3 is 0 Å². The normalized spacial score (nSPS) is 19.0. The molecule has 1 fully saturated rings. The Hall–Kier alpha value is -2.04.